The van der Waals surface area contributed by atoms with Crippen LogP contribution in [0.4, 0.5) is 0 Å². The molecular weight excluding hydrogens is 368 g/mol. The zero-order valence-electron chi connectivity index (χ0n) is 11.7. The Labute approximate surface area is 142 Å². The number of pyridine rings is 1. The maximum Gasteiger partial charge on any atom is 0.255 e. The average Bonchev–Trinajstić information content (AvgIpc) is 2.98. The number of aromatic nitrogens is 1. The Morgan fingerprint density at radius 1 is 1.36 bits per heavy atom. The van der Waals surface area contributed by atoms with Crippen molar-refractivity contribution >= 4 is 33.4 Å². The summed E-state index contributed by atoms with van der Waals surface area (Å²) in [5.74, 6) is 0.515. The number of nitrogens with zero attached hydrogens (tertiary/aromatic N) is 2. The van der Waals surface area contributed by atoms with Gasteiger partial charge >= 0.3 is 0 Å². The number of hydrogen-bond acceptors (Lipinski definition) is 3. The SMILES string of the molecule is O=C(c1cc(Br)ccc1Cl)N1CC[C@@H](Oc2ccccn2)C1. The fourth-order valence-corrected chi connectivity index (χ4v) is 2.99. The van der Waals surface area contributed by atoms with Crippen LogP contribution in [0.3, 0.4) is 0 Å². The van der Waals surface area contributed by atoms with E-state index in [0.717, 1.165) is 10.9 Å². The van der Waals surface area contributed by atoms with E-state index in [0.29, 0.717) is 29.6 Å². The fourth-order valence-electron chi connectivity index (χ4n) is 2.43. The van der Waals surface area contributed by atoms with Gasteiger partial charge in [-0.2, -0.15) is 0 Å². The van der Waals surface area contributed by atoms with Gasteiger partial charge in [0.05, 0.1) is 17.1 Å². The summed E-state index contributed by atoms with van der Waals surface area (Å²) < 4.78 is 6.63. The van der Waals surface area contributed by atoms with Gasteiger partial charge in [-0.05, 0) is 24.3 Å². The second-order valence-electron chi connectivity index (χ2n) is 5.07. The molecule has 1 amide bonds. The Hall–Kier alpha value is -1.59. The minimum Gasteiger partial charge on any atom is -0.472 e. The molecule has 0 N–H and O–H groups in total. The van der Waals surface area contributed by atoms with E-state index in [1.54, 1.807) is 23.2 Å². The largest absolute Gasteiger partial charge is 0.472 e. The monoisotopic (exact) mass is 380 g/mol. The summed E-state index contributed by atoms with van der Waals surface area (Å²) >= 11 is 9.49. The Balaban J connectivity index is 1.67. The summed E-state index contributed by atoms with van der Waals surface area (Å²) in [5.41, 5.74) is 0.509. The number of benzene rings is 1. The smallest absolute Gasteiger partial charge is 0.255 e. The third kappa shape index (κ3) is 3.42. The van der Waals surface area contributed by atoms with Crippen molar-refractivity contribution in [2.45, 2.75) is 12.5 Å². The molecule has 6 heteroatoms. The number of amides is 1. The predicted molar refractivity (Wildman–Crippen MR) is 88.3 cm³/mol. The van der Waals surface area contributed by atoms with Gasteiger partial charge in [0, 0.05) is 29.7 Å². The molecule has 0 aliphatic carbocycles. The molecule has 2 aromatic rings. The average molecular weight is 382 g/mol. The van der Waals surface area contributed by atoms with Crippen LogP contribution in [0.5, 0.6) is 5.88 Å². The van der Waals surface area contributed by atoms with Crippen LogP contribution in [0, 0.1) is 0 Å². The Morgan fingerprint density at radius 2 is 2.23 bits per heavy atom. The van der Waals surface area contributed by atoms with Gasteiger partial charge in [-0.1, -0.05) is 33.6 Å². The van der Waals surface area contributed by atoms with Gasteiger partial charge < -0.3 is 9.64 Å². The van der Waals surface area contributed by atoms with Gasteiger partial charge in [-0.3, -0.25) is 4.79 Å². The van der Waals surface area contributed by atoms with E-state index >= 15 is 0 Å². The van der Waals surface area contributed by atoms with E-state index in [9.17, 15) is 4.79 Å². The number of ether oxygens (including phenoxy) is 1. The Kier molecular flexibility index (Phi) is 4.64. The third-order valence-corrected chi connectivity index (χ3v) is 4.34. The second kappa shape index (κ2) is 6.67. The lowest BCUT2D eigenvalue weighted by Gasteiger charge is -2.17. The summed E-state index contributed by atoms with van der Waals surface area (Å²) in [4.78, 5) is 18.5. The van der Waals surface area contributed by atoms with Gasteiger partial charge in [-0.15, -0.1) is 0 Å². The topological polar surface area (TPSA) is 42.4 Å². The van der Waals surface area contributed by atoms with E-state index in [1.165, 1.54) is 0 Å². The molecule has 1 aromatic carbocycles. The standard InChI is InChI=1S/C16H14BrClN2O2/c17-11-4-5-14(18)13(9-11)16(21)20-8-6-12(10-20)22-15-3-1-2-7-19-15/h1-5,7,9,12H,6,8,10H2/t12-/m1/s1. The summed E-state index contributed by atoms with van der Waals surface area (Å²) in [6.45, 7) is 1.19. The number of carbonyl (C=O) groups is 1. The van der Waals surface area contributed by atoms with E-state index in [2.05, 4.69) is 20.9 Å². The van der Waals surface area contributed by atoms with Gasteiger partial charge in [-0.25, -0.2) is 4.98 Å². The number of carbonyl (C=O) groups excluding carboxylic acids is 1. The van der Waals surface area contributed by atoms with Crippen LogP contribution in [-0.4, -0.2) is 35.0 Å². The number of rotatable bonds is 3. The van der Waals surface area contributed by atoms with Crippen molar-refractivity contribution in [1.29, 1.82) is 0 Å². The maximum atomic E-state index is 12.6. The fraction of sp³-hybridized carbons (Fsp3) is 0.250. The van der Waals surface area contributed by atoms with Crippen LogP contribution in [-0.2, 0) is 0 Å². The van der Waals surface area contributed by atoms with Crippen LogP contribution in [0.25, 0.3) is 0 Å². The van der Waals surface area contributed by atoms with Crippen LogP contribution >= 0.6 is 27.5 Å². The quantitative estimate of drug-likeness (QED) is 0.812. The van der Waals surface area contributed by atoms with E-state index in [-0.39, 0.29) is 12.0 Å². The van der Waals surface area contributed by atoms with E-state index in [4.69, 9.17) is 16.3 Å². The molecule has 22 heavy (non-hydrogen) atoms. The molecule has 4 nitrogen and oxygen atoms in total. The molecule has 1 atom stereocenters. The molecule has 1 saturated heterocycles. The molecule has 1 aromatic heterocycles. The van der Waals surface area contributed by atoms with Gasteiger partial charge in [0.2, 0.25) is 5.88 Å². The van der Waals surface area contributed by atoms with Crippen molar-refractivity contribution < 1.29 is 9.53 Å². The minimum atomic E-state index is -0.0709. The van der Waals surface area contributed by atoms with Gasteiger partial charge in [0.1, 0.15) is 6.10 Å². The normalized spacial score (nSPS) is 17.5. The minimum absolute atomic E-state index is 0.0372. The molecule has 1 fully saturated rings. The lowest BCUT2D eigenvalue weighted by atomic mass is 10.2. The van der Waals surface area contributed by atoms with Gasteiger partial charge in [0.15, 0.2) is 0 Å². The number of hydrogen-bond donors (Lipinski definition) is 0. The lowest BCUT2D eigenvalue weighted by Crippen LogP contribution is -2.31. The maximum absolute atomic E-state index is 12.6. The molecule has 0 unspecified atom stereocenters. The first-order valence-corrected chi connectivity index (χ1v) is 8.12. The summed E-state index contributed by atoms with van der Waals surface area (Å²) in [6.07, 6.45) is 2.44. The van der Waals surface area contributed by atoms with Crippen molar-refractivity contribution in [2.24, 2.45) is 0 Å². The molecule has 3 rings (SSSR count). The van der Waals surface area contributed by atoms with Crippen LogP contribution in [0.2, 0.25) is 5.02 Å². The van der Waals surface area contributed by atoms with Crippen molar-refractivity contribution in [3.05, 3.63) is 57.7 Å². The van der Waals surface area contributed by atoms with Gasteiger partial charge in [0.25, 0.3) is 5.91 Å². The molecular formula is C16H14BrClN2O2. The van der Waals surface area contributed by atoms with Crippen molar-refractivity contribution in [3.63, 3.8) is 0 Å². The molecule has 0 bridgehead atoms. The molecule has 0 radical (unpaired) electrons. The van der Waals surface area contributed by atoms with Crippen molar-refractivity contribution in [1.82, 2.24) is 9.88 Å². The first-order valence-electron chi connectivity index (χ1n) is 6.95. The lowest BCUT2D eigenvalue weighted by molar-refractivity contribution is 0.0771. The molecule has 2 heterocycles. The zero-order valence-corrected chi connectivity index (χ0v) is 14.0. The number of halogens is 2. The van der Waals surface area contributed by atoms with Crippen molar-refractivity contribution in [2.75, 3.05) is 13.1 Å². The summed E-state index contributed by atoms with van der Waals surface area (Å²) in [5, 5.41) is 0.460. The molecule has 1 aliphatic rings. The highest BCUT2D eigenvalue weighted by Gasteiger charge is 2.29. The van der Waals surface area contributed by atoms with Crippen LogP contribution in [0.1, 0.15) is 16.8 Å². The molecule has 114 valence electrons. The van der Waals surface area contributed by atoms with E-state index < -0.39 is 0 Å². The third-order valence-electron chi connectivity index (χ3n) is 3.52. The molecule has 1 aliphatic heterocycles. The Bertz CT molecular complexity index is 681. The second-order valence-corrected chi connectivity index (χ2v) is 6.39. The number of likely N-dealkylation sites (tertiary alicyclic amines) is 1. The van der Waals surface area contributed by atoms with E-state index in [1.807, 2.05) is 24.3 Å². The van der Waals surface area contributed by atoms with Crippen molar-refractivity contribution in [3.8, 4) is 5.88 Å². The summed E-state index contributed by atoms with van der Waals surface area (Å²) in [7, 11) is 0. The van der Waals surface area contributed by atoms with Crippen LogP contribution < -0.4 is 4.74 Å². The molecule has 0 spiro atoms. The Morgan fingerprint density at radius 3 is 3.00 bits per heavy atom. The predicted octanol–water partition coefficient (Wildman–Crippen LogP) is 3.79. The summed E-state index contributed by atoms with van der Waals surface area (Å²) in [6, 6.07) is 10.8. The highest BCUT2D eigenvalue weighted by Crippen LogP contribution is 2.25. The highest BCUT2D eigenvalue weighted by atomic mass is 79.9. The zero-order chi connectivity index (χ0) is 15.5. The molecule has 0 saturated carbocycles. The first kappa shape index (κ1) is 15.3. The highest BCUT2D eigenvalue weighted by molar-refractivity contribution is 9.10. The van der Waals surface area contributed by atoms with Crippen LogP contribution in [0.15, 0.2) is 47.1 Å². The first-order chi connectivity index (χ1) is 10.6.